The molecule has 0 amide bonds. The molecule has 3 unspecified atom stereocenters. The number of fused-ring (bicyclic) bond motifs is 5. The molecule has 118 valence electrons. The van der Waals surface area contributed by atoms with Crippen LogP contribution in [-0.2, 0) is 11.2 Å². The molecule has 2 heteroatoms. The molecule has 2 saturated carbocycles. The van der Waals surface area contributed by atoms with Gasteiger partial charge in [-0.25, -0.2) is 0 Å². The van der Waals surface area contributed by atoms with Crippen molar-refractivity contribution in [3.8, 4) is 5.75 Å². The van der Waals surface area contributed by atoms with Crippen molar-refractivity contribution in [3.63, 3.8) is 0 Å². The normalized spacial score (nSPS) is 40.0. The Labute approximate surface area is 132 Å². The molecule has 1 aromatic carbocycles. The van der Waals surface area contributed by atoms with Crippen LogP contribution < -0.4 is 0 Å². The van der Waals surface area contributed by atoms with Crippen molar-refractivity contribution in [2.75, 3.05) is 0 Å². The summed E-state index contributed by atoms with van der Waals surface area (Å²) in [5, 5.41) is 9.79. The van der Waals surface area contributed by atoms with Crippen LogP contribution >= 0.6 is 0 Å². The number of benzene rings is 1. The molecule has 0 saturated heterocycles. The van der Waals surface area contributed by atoms with Crippen LogP contribution in [0.25, 0.3) is 0 Å². The fourth-order valence-corrected chi connectivity index (χ4v) is 6.04. The van der Waals surface area contributed by atoms with Gasteiger partial charge in [0.1, 0.15) is 11.5 Å². The Kier molecular flexibility index (Phi) is 3.15. The number of aryl methyl sites for hydroxylation is 1. The molecule has 0 radical (unpaired) electrons. The lowest BCUT2D eigenvalue weighted by molar-refractivity contribution is -0.131. The van der Waals surface area contributed by atoms with Crippen LogP contribution in [0.4, 0.5) is 0 Å². The van der Waals surface area contributed by atoms with E-state index in [2.05, 4.69) is 19.9 Å². The summed E-state index contributed by atoms with van der Waals surface area (Å²) in [5.41, 5.74) is 2.74. The number of ketones is 1. The predicted octanol–water partition coefficient (Wildman–Crippen LogP) is 4.45. The van der Waals surface area contributed by atoms with Gasteiger partial charge in [-0.2, -0.15) is 0 Å². The lowest BCUT2D eigenvalue weighted by Gasteiger charge is -2.52. The minimum absolute atomic E-state index is 0.0593. The van der Waals surface area contributed by atoms with Crippen molar-refractivity contribution >= 4 is 5.78 Å². The number of hydrogen-bond donors (Lipinski definition) is 1. The number of aromatic hydroxyl groups is 1. The second-order valence-electron chi connectivity index (χ2n) is 7.97. The van der Waals surface area contributed by atoms with Gasteiger partial charge in [-0.15, -0.1) is 0 Å². The minimum atomic E-state index is -0.0593. The highest BCUT2D eigenvalue weighted by Crippen LogP contribution is 2.62. The first-order chi connectivity index (χ1) is 10.5. The number of phenols is 1. The molecule has 3 aliphatic carbocycles. The summed E-state index contributed by atoms with van der Waals surface area (Å²) in [4.78, 5) is 12.5. The average Bonchev–Trinajstić information content (AvgIpc) is 2.81. The van der Waals surface area contributed by atoms with Crippen molar-refractivity contribution in [1.29, 1.82) is 0 Å². The Bertz CT molecular complexity index is 620. The molecule has 3 aliphatic rings. The van der Waals surface area contributed by atoms with E-state index in [0.29, 0.717) is 35.2 Å². The van der Waals surface area contributed by atoms with Crippen LogP contribution in [0.1, 0.15) is 63.0 Å². The second kappa shape index (κ2) is 4.84. The van der Waals surface area contributed by atoms with Gasteiger partial charge in [0.2, 0.25) is 0 Å². The molecule has 5 atom stereocenters. The summed E-state index contributed by atoms with van der Waals surface area (Å²) < 4.78 is 0. The molecule has 1 N–H and O–H groups in total. The van der Waals surface area contributed by atoms with Crippen molar-refractivity contribution < 1.29 is 9.90 Å². The van der Waals surface area contributed by atoms with Crippen molar-refractivity contribution in [2.45, 2.75) is 58.3 Å². The van der Waals surface area contributed by atoms with Gasteiger partial charge >= 0.3 is 0 Å². The minimum Gasteiger partial charge on any atom is -0.508 e. The van der Waals surface area contributed by atoms with E-state index in [-0.39, 0.29) is 5.41 Å². The third kappa shape index (κ3) is 1.82. The molecule has 0 aliphatic heterocycles. The quantitative estimate of drug-likeness (QED) is 0.831. The van der Waals surface area contributed by atoms with Crippen LogP contribution in [0.2, 0.25) is 0 Å². The number of hydrogen-bond acceptors (Lipinski definition) is 2. The Morgan fingerprint density at radius 1 is 1.27 bits per heavy atom. The van der Waals surface area contributed by atoms with Gasteiger partial charge in [0.05, 0.1) is 0 Å². The van der Waals surface area contributed by atoms with Crippen LogP contribution in [0.15, 0.2) is 18.2 Å². The van der Waals surface area contributed by atoms with E-state index in [1.165, 1.54) is 17.5 Å². The van der Waals surface area contributed by atoms with Crippen LogP contribution in [0.5, 0.6) is 5.75 Å². The Hall–Kier alpha value is -1.31. The number of rotatable bonds is 1. The molecular formula is C20H26O2. The van der Waals surface area contributed by atoms with E-state index in [4.69, 9.17) is 0 Å². The number of Topliss-reactive ketones (excluding diaryl/α,β-unsaturated/α-hetero) is 1. The number of phenolic OH excluding ortho intramolecular Hbond substituents is 1. The van der Waals surface area contributed by atoms with Crippen LogP contribution in [0, 0.1) is 23.2 Å². The van der Waals surface area contributed by atoms with Gasteiger partial charge in [0.15, 0.2) is 0 Å². The molecule has 1 aromatic rings. The Morgan fingerprint density at radius 2 is 2.09 bits per heavy atom. The van der Waals surface area contributed by atoms with E-state index in [0.717, 1.165) is 32.1 Å². The molecule has 4 rings (SSSR count). The Balaban J connectivity index is 1.79. The number of carbonyl (C=O) groups excluding carboxylic acids is 1. The van der Waals surface area contributed by atoms with E-state index >= 15 is 0 Å². The molecule has 2 nitrogen and oxygen atoms in total. The third-order valence-corrected chi connectivity index (χ3v) is 7.07. The fraction of sp³-hybridized carbons (Fsp3) is 0.650. The summed E-state index contributed by atoms with van der Waals surface area (Å²) in [5.74, 6) is 3.35. The van der Waals surface area contributed by atoms with Gasteiger partial charge in [0.25, 0.3) is 0 Å². The zero-order valence-electron chi connectivity index (χ0n) is 13.6. The van der Waals surface area contributed by atoms with Crippen LogP contribution in [0.3, 0.4) is 0 Å². The molecule has 0 heterocycles. The molecule has 22 heavy (non-hydrogen) atoms. The maximum Gasteiger partial charge on any atom is 0.139 e. The highest BCUT2D eigenvalue weighted by atomic mass is 16.3. The monoisotopic (exact) mass is 298 g/mol. The van der Waals surface area contributed by atoms with Gasteiger partial charge in [-0.3, -0.25) is 4.79 Å². The maximum atomic E-state index is 12.5. The van der Waals surface area contributed by atoms with Gasteiger partial charge in [-0.05, 0) is 72.6 Å². The van der Waals surface area contributed by atoms with Crippen molar-refractivity contribution in [2.24, 2.45) is 23.2 Å². The summed E-state index contributed by atoms with van der Waals surface area (Å²) in [6.45, 7) is 4.53. The highest BCUT2D eigenvalue weighted by molar-refractivity contribution is 5.87. The first kappa shape index (κ1) is 14.3. The number of carbonyl (C=O) groups is 1. The zero-order valence-corrected chi connectivity index (χ0v) is 13.6. The Morgan fingerprint density at radius 3 is 2.86 bits per heavy atom. The predicted molar refractivity (Wildman–Crippen MR) is 86.9 cm³/mol. The smallest absolute Gasteiger partial charge is 0.139 e. The largest absolute Gasteiger partial charge is 0.508 e. The SMILES string of the molecule is CC[C@H]1C[C@]2(C)C(=O)CCC2C2CCc3cc(O)ccc3C21. The highest BCUT2D eigenvalue weighted by Gasteiger charge is 2.57. The first-order valence-corrected chi connectivity index (χ1v) is 8.89. The van der Waals surface area contributed by atoms with Gasteiger partial charge < -0.3 is 5.11 Å². The molecule has 0 spiro atoms. The molecular weight excluding hydrogens is 272 g/mol. The van der Waals surface area contributed by atoms with E-state index in [1.807, 2.05) is 12.1 Å². The third-order valence-electron chi connectivity index (χ3n) is 7.07. The second-order valence-corrected chi connectivity index (χ2v) is 7.97. The van der Waals surface area contributed by atoms with Crippen molar-refractivity contribution in [1.82, 2.24) is 0 Å². The standard InChI is InChI=1S/C20H26O2/c1-3-12-11-20(2)17(8-9-18(20)22)16-6-4-13-10-14(21)5-7-15(13)19(12)16/h5,7,10,12,16-17,19,21H,3-4,6,8-9,11H2,1-2H3/t12-,16?,17?,19?,20-/m0/s1. The summed E-state index contributed by atoms with van der Waals surface area (Å²) in [6.07, 6.45) is 6.35. The topological polar surface area (TPSA) is 37.3 Å². The average molecular weight is 298 g/mol. The van der Waals surface area contributed by atoms with Gasteiger partial charge in [0, 0.05) is 11.8 Å². The lowest BCUT2D eigenvalue weighted by atomic mass is 9.51. The molecule has 2 fully saturated rings. The molecule has 0 bridgehead atoms. The maximum absolute atomic E-state index is 12.5. The first-order valence-electron chi connectivity index (χ1n) is 8.89. The summed E-state index contributed by atoms with van der Waals surface area (Å²) >= 11 is 0. The van der Waals surface area contributed by atoms with E-state index in [1.54, 1.807) is 0 Å². The summed E-state index contributed by atoms with van der Waals surface area (Å²) in [7, 11) is 0. The molecule has 0 aromatic heterocycles. The van der Waals surface area contributed by atoms with E-state index in [9.17, 15) is 9.90 Å². The van der Waals surface area contributed by atoms with E-state index < -0.39 is 0 Å². The fourth-order valence-electron chi connectivity index (χ4n) is 6.04. The van der Waals surface area contributed by atoms with Gasteiger partial charge in [-0.1, -0.05) is 26.3 Å². The lowest BCUT2D eigenvalue weighted by Crippen LogP contribution is -2.46. The summed E-state index contributed by atoms with van der Waals surface area (Å²) in [6, 6.07) is 5.97. The zero-order chi connectivity index (χ0) is 15.5. The van der Waals surface area contributed by atoms with Crippen molar-refractivity contribution in [3.05, 3.63) is 29.3 Å². The van der Waals surface area contributed by atoms with Crippen LogP contribution in [-0.4, -0.2) is 10.9 Å².